The van der Waals surface area contributed by atoms with Gasteiger partial charge in [0.05, 0.1) is 7.11 Å². The third kappa shape index (κ3) is 6.22. The van der Waals surface area contributed by atoms with Crippen molar-refractivity contribution < 1.29 is 42.5 Å². The molecule has 0 aromatic rings. The molecule has 0 atom stereocenters. The monoisotopic (exact) mass is 138 g/mol. The van der Waals surface area contributed by atoms with Gasteiger partial charge in [0.25, 0.3) is 12.4 Å². The van der Waals surface area contributed by atoms with Gasteiger partial charge in [-0.15, -0.1) is 0 Å². The first-order valence-corrected chi connectivity index (χ1v) is 1.76. The second-order valence-electron chi connectivity index (χ2n) is 0.944. The minimum absolute atomic E-state index is 0. The molecule has 0 bridgehead atoms. The average Bonchev–Trinajstić information content (AvgIpc) is 1.68. The minimum atomic E-state index is 0. The Morgan fingerprint density at radius 3 is 2.50 bits per heavy atom. The molecule has 0 aliphatic heterocycles. The molecule has 0 fully saturated rings. The predicted octanol–water partition coefficient (Wildman–Crippen LogP) is 0.529. The van der Waals surface area contributed by atoms with E-state index in [1.54, 1.807) is 0 Å². The summed E-state index contributed by atoms with van der Waals surface area (Å²) in [5.74, 6) is 0.0231. The Morgan fingerprint density at radius 1 is 1.88 bits per heavy atom. The van der Waals surface area contributed by atoms with Crippen molar-refractivity contribution in [3.05, 3.63) is 11.4 Å². The molecule has 8 heavy (non-hydrogen) atoms. The second kappa shape index (κ2) is 7.22. The van der Waals surface area contributed by atoms with Gasteiger partial charge in [0, 0.05) is 37.7 Å². The maximum atomic E-state index is 6.70. The van der Waals surface area contributed by atoms with Gasteiger partial charge in [0.15, 0.2) is 0 Å². The smallest absolute Gasteiger partial charge is 0.288 e. The fraction of sp³-hybridized carbons (Fsp3) is 0.500. The standard InChI is InChI=1S/C4H6N2O.Ar/c1-6-3-4(5)7-2;/h5H,3H2,2H3;. The average molecular weight is 138 g/mol. The van der Waals surface area contributed by atoms with Gasteiger partial charge in [0.1, 0.15) is 0 Å². The third-order valence-electron chi connectivity index (χ3n) is 0.469. The van der Waals surface area contributed by atoms with Crippen molar-refractivity contribution in [2.24, 2.45) is 0 Å². The molecular weight excluding hydrogens is 132 g/mol. The molecular formula is C4H6ArN2O. The summed E-state index contributed by atoms with van der Waals surface area (Å²) >= 11 is 0. The van der Waals surface area contributed by atoms with E-state index in [4.69, 9.17) is 12.0 Å². The Kier molecular flexibility index (Phi) is 10.00. The van der Waals surface area contributed by atoms with Gasteiger partial charge in [-0.2, -0.15) is 0 Å². The Bertz CT molecular complexity index is 107. The fourth-order valence-electron chi connectivity index (χ4n) is 0.136. The van der Waals surface area contributed by atoms with Crippen LogP contribution in [0.1, 0.15) is 0 Å². The van der Waals surface area contributed by atoms with E-state index in [0.29, 0.717) is 0 Å². The summed E-state index contributed by atoms with van der Waals surface area (Å²) in [6.45, 7) is 6.29. The van der Waals surface area contributed by atoms with Crippen LogP contribution < -0.4 is 0 Å². The van der Waals surface area contributed by atoms with Crippen LogP contribution in [-0.4, -0.2) is 19.6 Å². The first-order chi connectivity index (χ1) is 3.31. The Labute approximate surface area is 78.4 Å². The molecule has 0 saturated heterocycles. The van der Waals surface area contributed by atoms with E-state index >= 15 is 0 Å². The van der Waals surface area contributed by atoms with Crippen LogP contribution in [0.15, 0.2) is 0 Å². The molecule has 0 unspecified atom stereocenters. The zero-order valence-electron chi connectivity index (χ0n) is 4.42. The van der Waals surface area contributed by atoms with Crippen LogP contribution in [0.4, 0.5) is 0 Å². The quantitative estimate of drug-likeness (QED) is 0.320. The van der Waals surface area contributed by atoms with Crippen molar-refractivity contribution in [2.45, 2.75) is 0 Å². The molecule has 0 heterocycles. The number of nitrogens with one attached hydrogen (secondary N) is 1. The van der Waals surface area contributed by atoms with Gasteiger partial charge in [-0.25, -0.2) is 6.57 Å². The predicted molar refractivity (Wildman–Crippen MR) is 26.2 cm³/mol. The van der Waals surface area contributed by atoms with Gasteiger partial charge in [-0.1, -0.05) is 0 Å². The molecule has 1 N–H and O–H groups in total. The topological polar surface area (TPSA) is 37.4 Å². The SMILES string of the molecule is [Ar].[C-]#[N+]CC(=N)OC. The summed E-state index contributed by atoms with van der Waals surface area (Å²) in [5, 5.41) is 6.70. The molecule has 0 amide bonds. The van der Waals surface area contributed by atoms with Crippen LogP contribution >= 0.6 is 0 Å². The number of hydrogen-bond donors (Lipinski definition) is 1. The van der Waals surface area contributed by atoms with Crippen LogP contribution in [0.25, 0.3) is 4.85 Å². The van der Waals surface area contributed by atoms with Crippen molar-refractivity contribution in [3.8, 4) is 0 Å². The zero-order chi connectivity index (χ0) is 5.70. The Hall–Kier alpha value is 0.220. The number of rotatable bonds is 1. The number of nitrogens with zero attached hydrogens (tertiary/aromatic N) is 1. The molecule has 0 aliphatic carbocycles. The first-order valence-electron chi connectivity index (χ1n) is 1.76. The van der Waals surface area contributed by atoms with E-state index in [-0.39, 0.29) is 50.2 Å². The van der Waals surface area contributed by atoms with Crippen molar-refractivity contribution >= 4 is 5.90 Å². The number of methoxy groups -OCH3 is 1. The number of ether oxygens (including phenoxy) is 1. The van der Waals surface area contributed by atoms with Crippen LogP contribution in [0.3, 0.4) is 0 Å². The number of hydrogen-bond acceptors (Lipinski definition) is 2. The zero-order valence-corrected chi connectivity index (χ0v) is 5.12. The second-order valence-corrected chi connectivity index (χ2v) is 0.944. The molecule has 0 rings (SSSR count). The Balaban J connectivity index is 0. The van der Waals surface area contributed by atoms with Crippen molar-refractivity contribution in [3.63, 3.8) is 0 Å². The minimum Gasteiger partial charge on any atom is -0.479 e. The molecule has 0 aliphatic rings. The van der Waals surface area contributed by atoms with E-state index < -0.39 is 0 Å². The summed E-state index contributed by atoms with van der Waals surface area (Å²) in [5.41, 5.74) is 0. The molecule has 0 saturated carbocycles. The van der Waals surface area contributed by atoms with Crippen LogP contribution in [-0.2, 0) is 4.74 Å². The van der Waals surface area contributed by atoms with E-state index in [9.17, 15) is 0 Å². The third-order valence-corrected chi connectivity index (χ3v) is 0.469. The maximum absolute atomic E-state index is 6.70. The van der Waals surface area contributed by atoms with Gasteiger partial charge in [0.2, 0.25) is 0 Å². The summed E-state index contributed by atoms with van der Waals surface area (Å²) in [6.07, 6.45) is 0. The van der Waals surface area contributed by atoms with E-state index in [1.165, 1.54) is 7.11 Å². The van der Waals surface area contributed by atoms with Gasteiger partial charge in [-0.05, 0) is 0 Å². The van der Waals surface area contributed by atoms with Gasteiger partial charge >= 0.3 is 0 Å². The molecule has 0 spiro atoms. The molecule has 46 valence electrons. The summed E-state index contributed by atoms with van der Waals surface area (Å²) in [6, 6.07) is 0. The molecule has 4 heteroatoms. The normalized spacial score (nSPS) is 6.00. The molecule has 3 nitrogen and oxygen atoms in total. The van der Waals surface area contributed by atoms with Crippen molar-refractivity contribution in [1.82, 2.24) is 0 Å². The van der Waals surface area contributed by atoms with Crippen LogP contribution in [0.5, 0.6) is 0 Å². The van der Waals surface area contributed by atoms with Crippen molar-refractivity contribution in [2.75, 3.05) is 13.7 Å². The molecule has 0 aromatic carbocycles. The summed E-state index contributed by atoms with van der Waals surface area (Å²) in [4.78, 5) is 2.91. The largest absolute Gasteiger partial charge is 0.479 e. The Morgan fingerprint density at radius 2 is 2.38 bits per heavy atom. The van der Waals surface area contributed by atoms with Crippen molar-refractivity contribution in [1.29, 1.82) is 5.41 Å². The summed E-state index contributed by atoms with van der Waals surface area (Å²) < 4.78 is 4.36. The summed E-state index contributed by atoms with van der Waals surface area (Å²) in [7, 11) is 1.38. The van der Waals surface area contributed by atoms with Gasteiger partial charge in [-0.3, -0.25) is 5.41 Å². The van der Waals surface area contributed by atoms with Crippen LogP contribution in [0, 0.1) is 49.7 Å². The van der Waals surface area contributed by atoms with E-state index in [2.05, 4.69) is 9.58 Å². The fourth-order valence-corrected chi connectivity index (χ4v) is 0.136. The molecule has 0 aromatic heterocycles. The first kappa shape index (κ1) is 11.1. The van der Waals surface area contributed by atoms with E-state index in [0.717, 1.165) is 0 Å². The van der Waals surface area contributed by atoms with Crippen LogP contribution in [0.2, 0.25) is 0 Å². The van der Waals surface area contributed by atoms with Gasteiger partial charge < -0.3 is 9.58 Å². The van der Waals surface area contributed by atoms with E-state index in [1.807, 2.05) is 0 Å². The molecule has 0 radical (unpaired) electrons. The maximum Gasteiger partial charge on any atom is 0.288 e.